The van der Waals surface area contributed by atoms with Gasteiger partial charge in [0.05, 0.1) is 0 Å². The summed E-state index contributed by atoms with van der Waals surface area (Å²) in [6, 6.07) is 52.0. The van der Waals surface area contributed by atoms with E-state index in [2.05, 4.69) is 186 Å². The first-order valence-electron chi connectivity index (χ1n) is 15.2. The van der Waals surface area contributed by atoms with Crippen molar-refractivity contribution in [2.75, 3.05) is 26.7 Å². The first-order valence-corrected chi connectivity index (χ1v) is 19.6. The zero-order valence-corrected chi connectivity index (χ0v) is 36.7. The number of hydrogen-bond acceptors (Lipinski definition) is 0. The normalized spacial score (nSPS) is 10.0. The van der Waals surface area contributed by atoms with Gasteiger partial charge >= 0.3 is 52.4 Å². The van der Waals surface area contributed by atoms with Crippen molar-refractivity contribution in [2.45, 2.75) is 13.8 Å². The number of hydrogen-bond donors (Lipinski definition) is 0. The molecular weight excluding hydrogens is 820 g/mol. The van der Waals surface area contributed by atoms with Crippen molar-refractivity contribution in [3.8, 4) is 0 Å². The molecule has 8 aromatic carbocycles. The SMILES string of the molecule is CP(C)c1cc2ccccc2[cH-]1.CP(C)c1cc2ccccc2[cH-]1.Cc1cc2ccccc2[cH-]1.Cc1cc2ccccc2[cH-]1.[Cl-].[Cl-].[Zr+2].[Zr+2]. The molecule has 48 heavy (non-hydrogen) atoms. The van der Waals surface area contributed by atoms with Gasteiger partial charge in [0.25, 0.3) is 0 Å². The van der Waals surface area contributed by atoms with Crippen LogP contribution in [0, 0.1) is 13.8 Å². The molecule has 0 saturated carbocycles. The number of rotatable bonds is 2. The van der Waals surface area contributed by atoms with Crippen molar-refractivity contribution in [3.05, 3.63) is 157 Å². The Kier molecular flexibility index (Phi) is 20.1. The summed E-state index contributed by atoms with van der Waals surface area (Å²) in [6.45, 7) is 13.4. The molecule has 0 aliphatic rings. The topological polar surface area (TPSA) is 0 Å². The Morgan fingerprint density at radius 3 is 0.875 bits per heavy atom. The second-order valence-corrected chi connectivity index (χ2v) is 16.4. The van der Waals surface area contributed by atoms with Crippen LogP contribution < -0.4 is 35.4 Å². The molecule has 0 atom stereocenters. The van der Waals surface area contributed by atoms with Crippen molar-refractivity contribution in [2.24, 2.45) is 0 Å². The van der Waals surface area contributed by atoms with E-state index in [0.717, 1.165) is 0 Å². The molecular formula is C42H42Cl2P2Zr2-2. The van der Waals surface area contributed by atoms with Crippen LogP contribution in [-0.2, 0) is 52.4 Å². The second kappa shape index (κ2) is 21.7. The number of benzene rings is 4. The molecule has 244 valence electrons. The summed E-state index contributed by atoms with van der Waals surface area (Å²) in [5.41, 5.74) is 2.70. The van der Waals surface area contributed by atoms with Crippen LogP contribution in [0.1, 0.15) is 11.1 Å². The minimum Gasteiger partial charge on any atom is -1.00 e. The van der Waals surface area contributed by atoms with Crippen molar-refractivity contribution in [1.29, 1.82) is 0 Å². The van der Waals surface area contributed by atoms with Gasteiger partial charge in [0.15, 0.2) is 0 Å². The molecule has 8 rings (SSSR count). The van der Waals surface area contributed by atoms with E-state index in [0.29, 0.717) is 0 Å². The molecule has 0 nitrogen and oxygen atoms in total. The van der Waals surface area contributed by atoms with Crippen LogP contribution in [0.15, 0.2) is 146 Å². The fourth-order valence-electron chi connectivity index (χ4n) is 5.40. The van der Waals surface area contributed by atoms with Gasteiger partial charge < -0.3 is 24.8 Å². The summed E-state index contributed by atoms with van der Waals surface area (Å²) in [6.07, 6.45) is 0. The maximum absolute atomic E-state index is 2.31. The Labute approximate surface area is 340 Å². The molecule has 0 saturated heterocycles. The van der Waals surface area contributed by atoms with E-state index in [1.54, 1.807) is 0 Å². The third-order valence-corrected chi connectivity index (χ3v) is 10.3. The summed E-state index contributed by atoms with van der Waals surface area (Å²) >= 11 is 0. The molecule has 0 heterocycles. The van der Waals surface area contributed by atoms with Gasteiger partial charge in [-0.15, -0.1) is 178 Å². The van der Waals surface area contributed by atoms with E-state index in [4.69, 9.17) is 0 Å². The van der Waals surface area contributed by atoms with Gasteiger partial charge in [-0.05, 0) is 26.7 Å². The van der Waals surface area contributed by atoms with E-state index < -0.39 is 0 Å². The van der Waals surface area contributed by atoms with Crippen LogP contribution in [0.2, 0.25) is 0 Å². The first-order chi connectivity index (χ1) is 21.3. The van der Waals surface area contributed by atoms with Gasteiger partial charge in [0, 0.05) is 0 Å². The van der Waals surface area contributed by atoms with Crippen molar-refractivity contribution in [1.82, 2.24) is 0 Å². The molecule has 6 heteroatoms. The fourth-order valence-corrected chi connectivity index (χ4v) is 6.99. The summed E-state index contributed by atoms with van der Waals surface area (Å²) in [5.74, 6) is 0. The monoisotopic (exact) mass is 858 g/mol. The predicted molar refractivity (Wildman–Crippen MR) is 204 cm³/mol. The third kappa shape index (κ3) is 12.4. The number of halogens is 2. The van der Waals surface area contributed by atoms with E-state index in [1.807, 2.05) is 0 Å². The Bertz CT molecular complexity index is 1800. The van der Waals surface area contributed by atoms with Crippen LogP contribution in [0.4, 0.5) is 0 Å². The van der Waals surface area contributed by atoms with Crippen LogP contribution in [0.25, 0.3) is 43.1 Å². The zero-order chi connectivity index (χ0) is 31.1. The average molecular weight is 862 g/mol. The molecule has 8 aromatic rings. The second-order valence-electron chi connectivity index (χ2n) is 11.8. The zero-order valence-electron chi connectivity index (χ0n) is 28.5. The summed E-state index contributed by atoms with van der Waals surface area (Å²) in [7, 11) is 0.115. The van der Waals surface area contributed by atoms with Gasteiger partial charge in [-0.25, -0.2) is 0 Å². The molecule has 0 bridgehead atoms. The standard InChI is InChI=1S/2C11H12P.2C10H9.2ClH.2Zr/c2*1-12(2)11-7-9-5-3-4-6-10(9)8-11;2*1-8-6-9-4-2-3-5-10(9)7-8;;;;/h2*3-8H,1-2H3;2*2-7H,1H3;2*1H;;/q4*-1;;;2*+2/p-2. The molecule has 0 aliphatic carbocycles. The van der Waals surface area contributed by atoms with Crippen LogP contribution >= 0.6 is 15.8 Å². The molecule has 0 N–H and O–H groups in total. The Balaban J connectivity index is 0.000000312. The summed E-state index contributed by atoms with van der Waals surface area (Å²) < 4.78 is 0. The van der Waals surface area contributed by atoms with E-state index in [-0.39, 0.29) is 93.1 Å². The minimum atomic E-state index is 0. The predicted octanol–water partition coefficient (Wildman–Crippen LogP) is 5.59. The Hall–Kier alpha value is -1.47. The van der Waals surface area contributed by atoms with Crippen LogP contribution in [0.5, 0.6) is 0 Å². The van der Waals surface area contributed by atoms with Gasteiger partial charge in [-0.3, -0.25) is 0 Å². The molecule has 0 aromatic heterocycles. The van der Waals surface area contributed by atoms with Crippen molar-refractivity contribution < 1.29 is 77.2 Å². The van der Waals surface area contributed by atoms with Crippen molar-refractivity contribution in [3.63, 3.8) is 0 Å². The summed E-state index contributed by atoms with van der Waals surface area (Å²) in [4.78, 5) is 0. The summed E-state index contributed by atoms with van der Waals surface area (Å²) in [5, 5.41) is 13.9. The average Bonchev–Trinajstić information content (AvgIpc) is 3.80. The third-order valence-electron chi connectivity index (χ3n) is 7.76. The molecule has 0 amide bonds. The molecule has 0 unspecified atom stereocenters. The van der Waals surface area contributed by atoms with Gasteiger partial charge in [0.1, 0.15) is 0 Å². The smallest absolute Gasteiger partial charge is 1.00 e. The Morgan fingerprint density at radius 1 is 0.375 bits per heavy atom. The van der Waals surface area contributed by atoms with E-state index in [1.165, 1.54) is 64.8 Å². The number of aryl methyl sites for hydroxylation is 2. The first kappa shape index (κ1) is 44.5. The Morgan fingerprint density at radius 2 is 0.625 bits per heavy atom. The fraction of sp³-hybridized carbons (Fsp3) is 0.143. The minimum absolute atomic E-state index is 0. The van der Waals surface area contributed by atoms with E-state index in [9.17, 15) is 0 Å². The van der Waals surface area contributed by atoms with Crippen LogP contribution in [-0.4, -0.2) is 26.7 Å². The molecule has 0 spiro atoms. The van der Waals surface area contributed by atoms with Gasteiger partial charge in [-0.2, -0.15) is 24.3 Å². The maximum Gasteiger partial charge on any atom is 2.00 e. The largest absolute Gasteiger partial charge is 2.00 e. The maximum atomic E-state index is 2.31. The quantitative estimate of drug-likeness (QED) is 0.157. The molecule has 0 aliphatic heterocycles. The number of fused-ring (bicyclic) bond motifs is 4. The molecule has 0 fully saturated rings. The van der Waals surface area contributed by atoms with Crippen LogP contribution in [0.3, 0.4) is 0 Å². The molecule has 0 radical (unpaired) electrons. The van der Waals surface area contributed by atoms with Crippen molar-refractivity contribution >= 4 is 69.5 Å². The van der Waals surface area contributed by atoms with E-state index >= 15 is 0 Å². The van der Waals surface area contributed by atoms with Gasteiger partial charge in [-0.1, -0.05) is 38.1 Å². The van der Waals surface area contributed by atoms with Gasteiger partial charge in [0.2, 0.25) is 0 Å².